The molecule has 0 fully saturated rings. The molecule has 19 heavy (non-hydrogen) atoms. The second-order valence-electron chi connectivity index (χ2n) is 4.76. The number of amidine groups is 1. The lowest BCUT2D eigenvalue weighted by atomic mass is 10.0. The summed E-state index contributed by atoms with van der Waals surface area (Å²) in [7, 11) is 0. The maximum atomic E-state index is 12.4. The Balaban J connectivity index is 2.07. The number of benzene rings is 1. The van der Waals surface area contributed by atoms with Gasteiger partial charge in [-0.15, -0.1) is 0 Å². The maximum Gasteiger partial charge on any atom is 0.416 e. The van der Waals surface area contributed by atoms with Gasteiger partial charge < -0.3 is 5.32 Å². The zero-order chi connectivity index (χ0) is 14.1. The van der Waals surface area contributed by atoms with Crippen LogP contribution in [-0.4, -0.2) is 16.5 Å². The molecule has 2 nitrogen and oxygen atoms in total. The third-order valence-corrected chi connectivity index (χ3v) is 4.35. The van der Waals surface area contributed by atoms with E-state index in [-0.39, 0.29) is 5.54 Å². The van der Waals surface area contributed by atoms with Crippen LogP contribution in [0.25, 0.3) is 0 Å². The first kappa shape index (κ1) is 14.2. The third-order valence-electron chi connectivity index (χ3n) is 3.12. The normalized spacial score (nSPS) is 23.3. The van der Waals surface area contributed by atoms with Gasteiger partial charge in [-0.2, -0.15) is 13.2 Å². The van der Waals surface area contributed by atoms with Crippen LogP contribution in [0, 0.1) is 0 Å². The summed E-state index contributed by atoms with van der Waals surface area (Å²) in [6.07, 6.45) is -3.35. The van der Waals surface area contributed by atoms with Gasteiger partial charge in [0.2, 0.25) is 0 Å². The van der Waals surface area contributed by atoms with Crippen molar-refractivity contribution in [2.75, 3.05) is 11.1 Å². The summed E-state index contributed by atoms with van der Waals surface area (Å²) in [5.74, 6) is 0.895. The van der Waals surface area contributed by atoms with Crippen LogP contribution < -0.4 is 5.32 Å². The number of hydrogen-bond acceptors (Lipinski definition) is 3. The number of aliphatic imine (C=N–C) groups is 1. The molecule has 1 atom stereocenters. The Kier molecular flexibility index (Phi) is 3.80. The predicted octanol–water partition coefficient (Wildman–Crippen LogP) is 4.39. The molecular weight excluding hydrogens is 273 g/mol. The van der Waals surface area contributed by atoms with E-state index in [1.165, 1.54) is 12.1 Å². The second-order valence-corrected chi connectivity index (χ2v) is 5.72. The van der Waals surface area contributed by atoms with Crippen molar-refractivity contribution in [3.8, 4) is 0 Å². The Bertz CT molecular complexity index is 482. The fraction of sp³-hybridized carbons (Fsp3) is 0.462. The number of halogens is 3. The van der Waals surface area contributed by atoms with Crippen molar-refractivity contribution >= 4 is 22.6 Å². The molecule has 2 rings (SSSR count). The molecule has 0 spiro atoms. The highest BCUT2D eigenvalue weighted by molar-refractivity contribution is 8.14. The van der Waals surface area contributed by atoms with Crippen LogP contribution in [-0.2, 0) is 6.18 Å². The summed E-state index contributed by atoms with van der Waals surface area (Å²) in [5, 5.41) is 3.82. The van der Waals surface area contributed by atoms with Crippen molar-refractivity contribution in [2.45, 2.75) is 32.0 Å². The van der Waals surface area contributed by atoms with Gasteiger partial charge in [0, 0.05) is 11.4 Å². The minimum atomic E-state index is -4.29. The van der Waals surface area contributed by atoms with Crippen LogP contribution in [0.4, 0.5) is 18.9 Å². The number of nitrogens with one attached hydrogen (secondary N) is 1. The first-order valence-corrected chi connectivity index (χ1v) is 6.98. The minimum Gasteiger partial charge on any atom is -0.335 e. The van der Waals surface area contributed by atoms with Crippen LogP contribution >= 0.6 is 11.8 Å². The van der Waals surface area contributed by atoms with Gasteiger partial charge in [0.05, 0.1) is 11.1 Å². The number of rotatable bonds is 2. The van der Waals surface area contributed by atoms with E-state index >= 15 is 0 Å². The summed E-state index contributed by atoms with van der Waals surface area (Å²) in [4.78, 5) is 4.55. The number of anilines is 1. The first-order valence-electron chi connectivity index (χ1n) is 5.99. The zero-order valence-corrected chi connectivity index (χ0v) is 11.5. The van der Waals surface area contributed by atoms with E-state index in [2.05, 4.69) is 24.2 Å². The molecule has 0 amide bonds. The Morgan fingerprint density at radius 1 is 1.32 bits per heavy atom. The molecule has 1 heterocycles. The Hall–Kier alpha value is -1.17. The molecule has 1 aliphatic heterocycles. The minimum absolute atomic E-state index is 0.0705. The molecule has 1 aromatic rings. The molecule has 104 valence electrons. The van der Waals surface area contributed by atoms with Gasteiger partial charge in [-0.25, -0.2) is 0 Å². The number of nitrogens with zero attached hydrogens (tertiary/aromatic N) is 1. The van der Waals surface area contributed by atoms with E-state index in [9.17, 15) is 13.2 Å². The average molecular weight is 288 g/mol. The summed E-state index contributed by atoms with van der Waals surface area (Å²) in [6, 6.07) is 4.99. The van der Waals surface area contributed by atoms with Crippen LogP contribution in [0.5, 0.6) is 0 Å². The topological polar surface area (TPSA) is 24.4 Å². The van der Waals surface area contributed by atoms with Crippen LogP contribution in [0.15, 0.2) is 29.3 Å². The molecule has 1 aromatic carbocycles. The summed E-state index contributed by atoms with van der Waals surface area (Å²) in [6.45, 7) is 4.15. The summed E-state index contributed by atoms with van der Waals surface area (Å²) >= 11 is 1.60. The van der Waals surface area contributed by atoms with Crippen LogP contribution in [0.1, 0.15) is 25.8 Å². The fourth-order valence-corrected chi connectivity index (χ4v) is 2.84. The number of thioether (sulfide) groups is 1. The largest absolute Gasteiger partial charge is 0.416 e. The molecule has 1 unspecified atom stereocenters. The van der Waals surface area contributed by atoms with Gasteiger partial charge in [0.1, 0.15) is 0 Å². The van der Waals surface area contributed by atoms with E-state index in [0.717, 1.165) is 29.5 Å². The Morgan fingerprint density at radius 3 is 2.42 bits per heavy atom. The van der Waals surface area contributed by atoms with E-state index < -0.39 is 11.7 Å². The second kappa shape index (κ2) is 5.07. The zero-order valence-electron chi connectivity index (χ0n) is 10.7. The molecule has 0 aromatic heterocycles. The van der Waals surface area contributed by atoms with Crippen molar-refractivity contribution in [3.63, 3.8) is 0 Å². The quantitative estimate of drug-likeness (QED) is 0.873. The van der Waals surface area contributed by atoms with E-state index in [1.54, 1.807) is 11.8 Å². The van der Waals surface area contributed by atoms with Gasteiger partial charge in [0.15, 0.2) is 5.17 Å². The summed E-state index contributed by atoms with van der Waals surface area (Å²) in [5.41, 5.74) is -0.0871. The molecule has 6 heteroatoms. The van der Waals surface area contributed by atoms with E-state index in [0.29, 0.717) is 5.69 Å². The van der Waals surface area contributed by atoms with Crippen LogP contribution in [0.2, 0.25) is 0 Å². The average Bonchev–Trinajstić information content (AvgIpc) is 2.71. The lowest BCUT2D eigenvalue weighted by molar-refractivity contribution is -0.137. The van der Waals surface area contributed by atoms with Gasteiger partial charge in [-0.3, -0.25) is 4.99 Å². The Morgan fingerprint density at radius 2 is 1.95 bits per heavy atom. The summed E-state index contributed by atoms with van der Waals surface area (Å²) < 4.78 is 37.3. The SMILES string of the molecule is CCC1(C)CSC(Nc2ccc(C(F)(F)F)cc2)=N1. The molecular formula is C13H15F3N2S. The van der Waals surface area contributed by atoms with Crippen LogP contribution in [0.3, 0.4) is 0 Å². The molecule has 1 aliphatic rings. The monoisotopic (exact) mass is 288 g/mol. The van der Waals surface area contributed by atoms with Gasteiger partial charge in [0.25, 0.3) is 0 Å². The predicted molar refractivity (Wildman–Crippen MR) is 73.7 cm³/mol. The van der Waals surface area contributed by atoms with Crippen molar-refractivity contribution < 1.29 is 13.2 Å². The Labute approximate surface area is 114 Å². The lowest BCUT2D eigenvalue weighted by Crippen LogP contribution is -2.20. The molecule has 0 radical (unpaired) electrons. The third kappa shape index (κ3) is 3.43. The highest BCUT2D eigenvalue weighted by Crippen LogP contribution is 2.32. The van der Waals surface area contributed by atoms with Gasteiger partial charge in [-0.1, -0.05) is 18.7 Å². The lowest BCUT2D eigenvalue weighted by Gasteiger charge is -2.15. The first-order chi connectivity index (χ1) is 8.82. The molecule has 0 saturated heterocycles. The highest BCUT2D eigenvalue weighted by atomic mass is 32.2. The molecule has 0 bridgehead atoms. The number of alkyl halides is 3. The van der Waals surface area contributed by atoms with Crippen molar-refractivity contribution in [3.05, 3.63) is 29.8 Å². The fourth-order valence-electron chi connectivity index (χ4n) is 1.64. The van der Waals surface area contributed by atoms with Crippen molar-refractivity contribution in [1.29, 1.82) is 0 Å². The smallest absolute Gasteiger partial charge is 0.335 e. The standard InChI is InChI=1S/C13H15F3N2S/c1-3-12(2)8-19-11(18-12)17-10-6-4-9(5-7-10)13(14,15)16/h4-7H,3,8H2,1-2H3,(H,17,18). The highest BCUT2D eigenvalue weighted by Gasteiger charge is 2.31. The molecule has 0 aliphatic carbocycles. The maximum absolute atomic E-state index is 12.4. The van der Waals surface area contributed by atoms with Crippen molar-refractivity contribution in [2.24, 2.45) is 4.99 Å². The van der Waals surface area contributed by atoms with E-state index in [4.69, 9.17) is 0 Å². The van der Waals surface area contributed by atoms with E-state index in [1.807, 2.05) is 0 Å². The molecule has 1 N–H and O–H groups in total. The van der Waals surface area contributed by atoms with Gasteiger partial charge >= 0.3 is 6.18 Å². The van der Waals surface area contributed by atoms with Gasteiger partial charge in [-0.05, 0) is 37.6 Å². The molecule has 0 saturated carbocycles. The number of hydrogen-bond donors (Lipinski definition) is 1. The van der Waals surface area contributed by atoms with Crippen molar-refractivity contribution in [1.82, 2.24) is 0 Å².